The second kappa shape index (κ2) is 2.73. The van der Waals surface area contributed by atoms with Gasteiger partial charge in [0.2, 0.25) is 0 Å². The van der Waals surface area contributed by atoms with E-state index in [1.54, 1.807) is 0 Å². The summed E-state index contributed by atoms with van der Waals surface area (Å²) in [6.07, 6.45) is -0.268. The minimum atomic E-state index is -1.19. The van der Waals surface area contributed by atoms with Crippen molar-refractivity contribution in [1.82, 2.24) is 0 Å². The molecule has 3 heteroatoms. The molecular formula is C6H10O3. The first kappa shape index (κ1) is 8.30. The average Bonchev–Trinajstić information content (AvgIpc) is 1.86. The first-order valence-corrected chi connectivity index (χ1v) is 2.64. The van der Waals surface area contributed by atoms with Crippen molar-refractivity contribution in [2.75, 3.05) is 0 Å². The van der Waals surface area contributed by atoms with E-state index in [4.69, 9.17) is 5.11 Å². The molecule has 1 atom stereocenters. The smallest absolute Gasteiger partial charge is 0.149 e. The molecule has 0 spiro atoms. The zero-order valence-electron chi connectivity index (χ0n) is 5.50. The third kappa shape index (κ3) is 1.93. The van der Waals surface area contributed by atoms with Crippen LogP contribution in [0.3, 0.4) is 0 Å². The molecule has 0 aromatic heterocycles. The summed E-state index contributed by atoms with van der Waals surface area (Å²) in [4.78, 5) is 20.0. The number of carbonyl (C=O) groups excluding carboxylic acids is 2. The fourth-order valence-electron chi connectivity index (χ4n) is 0.245. The summed E-state index contributed by atoms with van der Waals surface area (Å²) in [6.45, 7) is 3.00. The highest BCUT2D eigenvalue weighted by atomic mass is 16.3. The van der Waals surface area contributed by atoms with E-state index < -0.39 is 11.5 Å². The van der Waals surface area contributed by atoms with Crippen LogP contribution in [0.5, 0.6) is 0 Å². The van der Waals surface area contributed by atoms with E-state index in [0.29, 0.717) is 12.6 Å². The van der Waals surface area contributed by atoms with E-state index in [9.17, 15) is 9.59 Å². The number of rotatable bonds is 3. The quantitative estimate of drug-likeness (QED) is 0.537. The van der Waals surface area contributed by atoms with Crippen molar-refractivity contribution in [2.45, 2.75) is 20.0 Å². The van der Waals surface area contributed by atoms with Crippen LogP contribution in [0.25, 0.3) is 0 Å². The highest BCUT2D eigenvalue weighted by Gasteiger charge is 2.26. The van der Waals surface area contributed by atoms with E-state index in [2.05, 4.69) is 0 Å². The molecule has 0 amide bonds. The van der Waals surface area contributed by atoms with Crippen molar-refractivity contribution < 1.29 is 14.7 Å². The van der Waals surface area contributed by atoms with E-state index in [1.807, 2.05) is 0 Å². The molecule has 0 aliphatic carbocycles. The summed E-state index contributed by atoms with van der Waals surface area (Å²) in [5.74, 6) is 0. The lowest BCUT2D eigenvalue weighted by Gasteiger charge is -2.18. The van der Waals surface area contributed by atoms with Crippen LogP contribution >= 0.6 is 0 Å². The first-order chi connectivity index (χ1) is 4.04. The molecule has 0 fully saturated rings. The Balaban J connectivity index is 4.11. The molecule has 0 radical (unpaired) electrons. The van der Waals surface area contributed by atoms with Crippen molar-refractivity contribution in [3.05, 3.63) is 0 Å². The van der Waals surface area contributed by atoms with Crippen LogP contribution in [-0.2, 0) is 9.59 Å². The van der Waals surface area contributed by atoms with Gasteiger partial charge in [0, 0.05) is 0 Å². The van der Waals surface area contributed by atoms with Gasteiger partial charge in [0.15, 0.2) is 0 Å². The minimum Gasteiger partial charge on any atom is -0.385 e. The van der Waals surface area contributed by atoms with Crippen molar-refractivity contribution in [1.29, 1.82) is 0 Å². The molecule has 1 unspecified atom stereocenters. The van der Waals surface area contributed by atoms with Crippen molar-refractivity contribution in [2.24, 2.45) is 5.41 Å². The highest BCUT2D eigenvalue weighted by molar-refractivity contribution is 5.69. The van der Waals surface area contributed by atoms with Gasteiger partial charge in [-0.25, -0.2) is 0 Å². The summed E-state index contributed by atoms with van der Waals surface area (Å²) in [7, 11) is 0. The number of hydrogen-bond donors (Lipinski definition) is 1. The number of carbonyl (C=O) groups is 2. The first-order valence-electron chi connectivity index (χ1n) is 2.64. The van der Waals surface area contributed by atoms with Gasteiger partial charge in [0.05, 0.1) is 5.41 Å². The van der Waals surface area contributed by atoms with Crippen molar-refractivity contribution in [3.63, 3.8) is 0 Å². The Morgan fingerprint density at radius 1 is 1.44 bits per heavy atom. The molecule has 0 bridgehead atoms. The van der Waals surface area contributed by atoms with E-state index in [-0.39, 0.29) is 0 Å². The topological polar surface area (TPSA) is 54.4 Å². The van der Waals surface area contributed by atoms with Gasteiger partial charge in [-0.2, -0.15) is 0 Å². The van der Waals surface area contributed by atoms with E-state index in [1.165, 1.54) is 13.8 Å². The largest absolute Gasteiger partial charge is 0.385 e. The molecule has 0 aromatic carbocycles. The second-order valence-corrected chi connectivity index (χ2v) is 2.52. The van der Waals surface area contributed by atoms with Crippen LogP contribution in [0, 0.1) is 5.41 Å². The number of aliphatic hydroxyl groups is 1. The zero-order valence-corrected chi connectivity index (χ0v) is 5.50. The lowest BCUT2D eigenvalue weighted by Crippen LogP contribution is -2.31. The molecule has 0 saturated carbocycles. The normalized spacial score (nSPS) is 14.6. The lowest BCUT2D eigenvalue weighted by atomic mass is 9.89. The Morgan fingerprint density at radius 3 is 2.00 bits per heavy atom. The second-order valence-electron chi connectivity index (χ2n) is 2.52. The number of aldehydes is 2. The van der Waals surface area contributed by atoms with Gasteiger partial charge in [-0.15, -0.1) is 0 Å². The number of aliphatic hydroxyl groups excluding tert-OH is 1. The van der Waals surface area contributed by atoms with Crippen LogP contribution < -0.4 is 0 Å². The van der Waals surface area contributed by atoms with Gasteiger partial charge in [-0.1, -0.05) is 13.8 Å². The fourth-order valence-corrected chi connectivity index (χ4v) is 0.245. The molecule has 0 aliphatic rings. The lowest BCUT2D eigenvalue weighted by molar-refractivity contribution is -0.129. The number of hydrogen-bond acceptors (Lipinski definition) is 3. The SMILES string of the molecule is CC(C)(C=O)C(O)C=O. The Labute approximate surface area is 53.7 Å². The summed E-state index contributed by atoms with van der Waals surface area (Å²) in [6, 6.07) is 0. The molecule has 3 nitrogen and oxygen atoms in total. The Hall–Kier alpha value is -0.700. The average molecular weight is 130 g/mol. The maximum absolute atomic E-state index is 10.1. The predicted molar refractivity (Wildman–Crippen MR) is 31.9 cm³/mol. The van der Waals surface area contributed by atoms with Crippen LogP contribution in [0.4, 0.5) is 0 Å². The molecule has 0 rings (SSSR count). The molecule has 1 N–H and O–H groups in total. The Bertz CT molecular complexity index is 117. The monoisotopic (exact) mass is 130 g/mol. The summed E-state index contributed by atoms with van der Waals surface area (Å²) >= 11 is 0. The van der Waals surface area contributed by atoms with Gasteiger partial charge >= 0.3 is 0 Å². The van der Waals surface area contributed by atoms with Gasteiger partial charge < -0.3 is 14.7 Å². The molecular weight excluding hydrogens is 120 g/mol. The molecule has 0 aliphatic heterocycles. The predicted octanol–water partition coefficient (Wildman–Crippen LogP) is -0.229. The zero-order chi connectivity index (χ0) is 7.49. The third-order valence-corrected chi connectivity index (χ3v) is 1.19. The van der Waals surface area contributed by atoms with E-state index in [0.717, 1.165) is 0 Å². The van der Waals surface area contributed by atoms with Gasteiger partial charge in [0.25, 0.3) is 0 Å². The minimum absolute atomic E-state index is 0.356. The fraction of sp³-hybridized carbons (Fsp3) is 0.667. The summed E-state index contributed by atoms with van der Waals surface area (Å²) in [5, 5.41) is 8.79. The van der Waals surface area contributed by atoms with Crippen molar-refractivity contribution in [3.8, 4) is 0 Å². The van der Waals surface area contributed by atoms with Gasteiger partial charge in [0.1, 0.15) is 18.7 Å². The molecule has 52 valence electrons. The van der Waals surface area contributed by atoms with Crippen molar-refractivity contribution >= 4 is 12.6 Å². The van der Waals surface area contributed by atoms with Gasteiger partial charge in [-0.05, 0) is 0 Å². The summed E-state index contributed by atoms with van der Waals surface area (Å²) in [5.41, 5.74) is -0.943. The maximum Gasteiger partial charge on any atom is 0.149 e. The maximum atomic E-state index is 10.1. The van der Waals surface area contributed by atoms with Crippen LogP contribution in [0.15, 0.2) is 0 Å². The molecule has 9 heavy (non-hydrogen) atoms. The van der Waals surface area contributed by atoms with Crippen LogP contribution in [0.1, 0.15) is 13.8 Å². The Kier molecular flexibility index (Phi) is 2.52. The third-order valence-electron chi connectivity index (χ3n) is 1.19. The highest BCUT2D eigenvalue weighted by Crippen LogP contribution is 2.14. The Morgan fingerprint density at radius 2 is 1.89 bits per heavy atom. The standard InChI is InChI=1S/C6H10O3/c1-6(2,4-8)5(9)3-7/h3-5,9H,1-2H3. The van der Waals surface area contributed by atoms with Crippen LogP contribution in [0.2, 0.25) is 0 Å². The molecule has 0 heterocycles. The van der Waals surface area contributed by atoms with Crippen LogP contribution in [-0.4, -0.2) is 23.8 Å². The van der Waals surface area contributed by atoms with Gasteiger partial charge in [-0.3, -0.25) is 0 Å². The van der Waals surface area contributed by atoms with E-state index >= 15 is 0 Å². The summed E-state index contributed by atoms with van der Waals surface area (Å²) < 4.78 is 0. The molecule has 0 saturated heterocycles. The molecule has 0 aromatic rings.